The zero-order chi connectivity index (χ0) is 24.6. The smallest absolute Gasteiger partial charge is 0.345 e. The van der Waals surface area contributed by atoms with Gasteiger partial charge in [0.15, 0.2) is 0 Å². The van der Waals surface area contributed by atoms with Crippen LogP contribution in [-0.2, 0) is 14.1 Å². The lowest BCUT2D eigenvalue weighted by Crippen LogP contribution is -2.41. The van der Waals surface area contributed by atoms with Crippen LogP contribution in [0.3, 0.4) is 0 Å². The highest BCUT2D eigenvalue weighted by atomic mass is 16.5. The fourth-order valence-electron chi connectivity index (χ4n) is 4.61. The zero-order valence-corrected chi connectivity index (χ0v) is 20.6. The standard InChI is InChI=1S/C24H32N6O4/c1-15(2)30-22(26-28(4)24(30)32)16-8-7-11-29(14-16)23(31)20-13-19(25-27(20)3)18-12-17(33-5)9-10-21(18)34-6/h9-10,12-13,15-16H,7-8,11,14H2,1-6H3. The Bertz CT molecular complexity index is 1250. The summed E-state index contributed by atoms with van der Waals surface area (Å²) in [6.07, 6.45) is 1.72. The summed E-state index contributed by atoms with van der Waals surface area (Å²) in [7, 11) is 6.63. The molecule has 1 amide bonds. The van der Waals surface area contributed by atoms with Gasteiger partial charge in [-0.1, -0.05) is 0 Å². The van der Waals surface area contributed by atoms with Gasteiger partial charge in [-0.15, -0.1) is 0 Å². The second kappa shape index (κ2) is 9.36. The number of carbonyl (C=O) groups is 1. The van der Waals surface area contributed by atoms with E-state index in [2.05, 4.69) is 10.2 Å². The number of carbonyl (C=O) groups excluding carboxylic acids is 1. The summed E-state index contributed by atoms with van der Waals surface area (Å²) in [6, 6.07) is 7.27. The Labute approximate surface area is 198 Å². The SMILES string of the molecule is COc1ccc(OC)c(-c2cc(C(=O)N3CCCC(c4nn(C)c(=O)n4C(C)C)C3)n(C)n2)c1. The van der Waals surface area contributed by atoms with Gasteiger partial charge in [0.05, 0.1) is 19.9 Å². The van der Waals surface area contributed by atoms with E-state index < -0.39 is 0 Å². The molecule has 1 aliphatic heterocycles. The van der Waals surface area contributed by atoms with Crippen molar-refractivity contribution < 1.29 is 14.3 Å². The molecule has 34 heavy (non-hydrogen) atoms. The first-order valence-corrected chi connectivity index (χ1v) is 11.5. The van der Waals surface area contributed by atoms with Crippen molar-refractivity contribution in [2.45, 2.75) is 38.6 Å². The topological polar surface area (TPSA) is 96.4 Å². The molecule has 182 valence electrons. The van der Waals surface area contributed by atoms with Crippen LogP contribution in [0.4, 0.5) is 0 Å². The van der Waals surface area contributed by atoms with E-state index >= 15 is 0 Å². The highest BCUT2D eigenvalue weighted by Crippen LogP contribution is 2.33. The van der Waals surface area contributed by atoms with Gasteiger partial charge in [-0.3, -0.25) is 14.0 Å². The van der Waals surface area contributed by atoms with Gasteiger partial charge < -0.3 is 14.4 Å². The summed E-state index contributed by atoms with van der Waals surface area (Å²) in [5.41, 5.74) is 1.75. The third kappa shape index (κ3) is 4.20. The lowest BCUT2D eigenvalue weighted by atomic mass is 9.96. The number of aromatic nitrogens is 5. The van der Waals surface area contributed by atoms with Crippen molar-refractivity contribution in [3.63, 3.8) is 0 Å². The molecule has 1 atom stereocenters. The molecule has 2 aromatic heterocycles. The van der Waals surface area contributed by atoms with E-state index in [1.54, 1.807) is 43.6 Å². The highest BCUT2D eigenvalue weighted by Gasteiger charge is 2.31. The van der Waals surface area contributed by atoms with Gasteiger partial charge in [0.1, 0.15) is 23.0 Å². The van der Waals surface area contributed by atoms with Gasteiger partial charge in [-0.2, -0.15) is 10.2 Å². The Kier molecular flexibility index (Phi) is 6.49. The lowest BCUT2D eigenvalue weighted by molar-refractivity contribution is 0.0691. The number of benzene rings is 1. The Morgan fingerprint density at radius 2 is 1.85 bits per heavy atom. The molecular weight excluding hydrogens is 436 g/mol. The van der Waals surface area contributed by atoms with E-state index in [0.717, 1.165) is 24.2 Å². The average Bonchev–Trinajstić information content (AvgIpc) is 3.37. The molecule has 3 aromatic rings. The molecule has 0 N–H and O–H groups in total. The first-order valence-electron chi connectivity index (χ1n) is 11.5. The molecule has 3 heterocycles. The van der Waals surface area contributed by atoms with E-state index in [4.69, 9.17) is 9.47 Å². The first-order chi connectivity index (χ1) is 16.2. The number of ether oxygens (including phenoxy) is 2. The maximum absolute atomic E-state index is 13.5. The molecule has 0 saturated carbocycles. The monoisotopic (exact) mass is 468 g/mol. The number of rotatable bonds is 6. The number of amides is 1. The number of hydrogen-bond donors (Lipinski definition) is 0. The third-order valence-corrected chi connectivity index (χ3v) is 6.35. The van der Waals surface area contributed by atoms with E-state index in [-0.39, 0.29) is 23.6 Å². The van der Waals surface area contributed by atoms with Crippen molar-refractivity contribution in [2.75, 3.05) is 27.3 Å². The van der Waals surface area contributed by atoms with Crippen LogP contribution in [-0.4, -0.2) is 62.2 Å². The van der Waals surface area contributed by atoms with Gasteiger partial charge in [0, 0.05) is 44.7 Å². The number of aryl methyl sites for hydroxylation is 2. The van der Waals surface area contributed by atoms with Crippen LogP contribution < -0.4 is 15.2 Å². The molecular formula is C24H32N6O4. The van der Waals surface area contributed by atoms with Gasteiger partial charge >= 0.3 is 5.69 Å². The molecule has 1 fully saturated rings. The van der Waals surface area contributed by atoms with Crippen molar-refractivity contribution in [2.24, 2.45) is 14.1 Å². The average molecular weight is 469 g/mol. The van der Waals surface area contributed by atoms with Crippen LogP contribution in [0.1, 0.15) is 55.0 Å². The number of methoxy groups -OCH3 is 2. The summed E-state index contributed by atoms with van der Waals surface area (Å²) < 4.78 is 15.6. The fraction of sp³-hybridized carbons (Fsp3) is 0.500. The number of piperidine rings is 1. The van der Waals surface area contributed by atoms with Crippen LogP contribution in [0, 0.1) is 0 Å². The van der Waals surface area contributed by atoms with Gasteiger partial charge in [0.2, 0.25) is 0 Å². The molecule has 1 aromatic carbocycles. The van der Waals surface area contributed by atoms with Crippen molar-refractivity contribution in [3.8, 4) is 22.8 Å². The van der Waals surface area contributed by atoms with Crippen molar-refractivity contribution >= 4 is 5.91 Å². The Morgan fingerprint density at radius 3 is 2.53 bits per heavy atom. The van der Waals surface area contributed by atoms with Gasteiger partial charge in [0.25, 0.3) is 5.91 Å². The van der Waals surface area contributed by atoms with Gasteiger partial charge in [-0.05, 0) is 51.0 Å². The molecule has 10 nitrogen and oxygen atoms in total. The Balaban J connectivity index is 1.62. The van der Waals surface area contributed by atoms with E-state index in [1.165, 1.54) is 4.68 Å². The maximum Gasteiger partial charge on any atom is 0.345 e. The quantitative estimate of drug-likeness (QED) is 0.552. The second-order valence-corrected chi connectivity index (χ2v) is 8.92. The molecule has 0 bridgehead atoms. The van der Waals surface area contributed by atoms with Gasteiger partial charge in [-0.25, -0.2) is 9.48 Å². The van der Waals surface area contributed by atoms with Crippen molar-refractivity contribution in [1.29, 1.82) is 0 Å². The Hall–Kier alpha value is -3.56. The summed E-state index contributed by atoms with van der Waals surface area (Å²) >= 11 is 0. The maximum atomic E-state index is 13.5. The minimum absolute atomic E-state index is 0.000163. The normalized spacial score (nSPS) is 16.2. The van der Waals surface area contributed by atoms with Crippen LogP contribution in [0.5, 0.6) is 11.5 Å². The zero-order valence-electron chi connectivity index (χ0n) is 20.6. The van der Waals surface area contributed by atoms with Crippen LogP contribution >= 0.6 is 0 Å². The van der Waals surface area contributed by atoms with E-state index in [9.17, 15) is 9.59 Å². The van der Waals surface area contributed by atoms with Crippen LogP contribution in [0.25, 0.3) is 11.3 Å². The minimum Gasteiger partial charge on any atom is -0.497 e. The summed E-state index contributed by atoms with van der Waals surface area (Å²) in [6.45, 7) is 5.10. The number of nitrogens with zero attached hydrogens (tertiary/aromatic N) is 6. The molecule has 10 heteroatoms. The molecule has 1 aliphatic rings. The fourth-order valence-corrected chi connectivity index (χ4v) is 4.61. The lowest BCUT2D eigenvalue weighted by Gasteiger charge is -2.32. The van der Waals surface area contributed by atoms with E-state index in [0.29, 0.717) is 36.0 Å². The first kappa shape index (κ1) is 23.6. The number of likely N-dealkylation sites (tertiary alicyclic amines) is 1. The van der Waals surface area contributed by atoms with Crippen molar-refractivity contribution in [1.82, 2.24) is 29.0 Å². The molecule has 0 aliphatic carbocycles. The molecule has 0 radical (unpaired) electrons. The molecule has 1 unspecified atom stereocenters. The van der Waals surface area contributed by atoms with Crippen LogP contribution in [0.15, 0.2) is 29.1 Å². The Morgan fingerprint density at radius 1 is 1.09 bits per heavy atom. The largest absolute Gasteiger partial charge is 0.497 e. The number of hydrogen-bond acceptors (Lipinski definition) is 6. The van der Waals surface area contributed by atoms with E-state index in [1.807, 2.05) is 36.9 Å². The van der Waals surface area contributed by atoms with Crippen molar-refractivity contribution in [3.05, 3.63) is 46.3 Å². The van der Waals surface area contributed by atoms with Crippen LogP contribution in [0.2, 0.25) is 0 Å². The third-order valence-electron chi connectivity index (χ3n) is 6.35. The minimum atomic E-state index is -0.128. The predicted molar refractivity (Wildman–Crippen MR) is 127 cm³/mol. The highest BCUT2D eigenvalue weighted by molar-refractivity contribution is 5.94. The predicted octanol–water partition coefficient (Wildman–Crippen LogP) is 2.60. The summed E-state index contributed by atoms with van der Waals surface area (Å²) in [5, 5.41) is 9.09. The summed E-state index contributed by atoms with van der Waals surface area (Å²) in [4.78, 5) is 27.9. The summed E-state index contributed by atoms with van der Waals surface area (Å²) in [5.74, 6) is 1.98. The molecule has 0 spiro atoms. The second-order valence-electron chi connectivity index (χ2n) is 8.92. The molecule has 1 saturated heterocycles. The molecule has 4 rings (SSSR count).